The fourth-order valence-electron chi connectivity index (χ4n) is 2.83. The van der Waals surface area contributed by atoms with E-state index in [0.29, 0.717) is 18.3 Å². The number of fused-ring (bicyclic) bond motifs is 1. The molecule has 1 aromatic heterocycles. The Kier molecular flexibility index (Phi) is 3.53. The smallest absolute Gasteiger partial charge is 0.274 e. The number of hydrogen-bond donors (Lipinski definition) is 1. The summed E-state index contributed by atoms with van der Waals surface area (Å²) in [6.45, 7) is 1.37. The zero-order valence-electron chi connectivity index (χ0n) is 11.5. The number of rotatable bonds is 4. The van der Waals surface area contributed by atoms with Gasteiger partial charge in [-0.05, 0) is 24.6 Å². The lowest BCUT2D eigenvalue weighted by Crippen LogP contribution is -2.18. The van der Waals surface area contributed by atoms with Crippen LogP contribution >= 0.6 is 0 Å². The molecule has 6 nitrogen and oxygen atoms in total. The van der Waals surface area contributed by atoms with Gasteiger partial charge < -0.3 is 10.6 Å². The van der Waals surface area contributed by atoms with Gasteiger partial charge in [-0.1, -0.05) is 18.2 Å². The molecule has 0 amide bonds. The number of nitro groups is 1. The third-order valence-corrected chi connectivity index (χ3v) is 3.80. The molecule has 2 aromatic rings. The zero-order chi connectivity index (χ0) is 14.8. The van der Waals surface area contributed by atoms with Crippen LogP contribution in [0.3, 0.4) is 0 Å². The minimum atomic E-state index is -0.398. The Morgan fingerprint density at radius 2 is 2.19 bits per heavy atom. The van der Waals surface area contributed by atoms with Crippen LogP contribution in [-0.2, 0) is 0 Å². The van der Waals surface area contributed by atoms with Crippen LogP contribution in [0.4, 0.5) is 17.2 Å². The van der Waals surface area contributed by atoms with E-state index in [1.807, 2.05) is 23.1 Å². The Morgan fingerprint density at radius 3 is 2.95 bits per heavy atom. The summed E-state index contributed by atoms with van der Waals surface area (Å²) in [5.41, 5.74) is 8.04. The predicted octanol–water partition coefficient (Wildman–Crippen LogP) is 2.57. The highest BCUT2D eigenvalue weighted by molar-refractivity contribution is 5.70. The first kappa shape index (κ1) is 13.5. The molecule has 0 spiro atoms. The van der Waals surface area contributed by atoms with Gasteiger partial charge in [0.1, 0.15) is 5.82 Å². The van der Waals surface area contributed by atoms with E-state index in [2.05, 4.69) is 11.1 Å². The van der Waals surface area contributed by atoms with Gasteiger partial charge in [0.15, 0.2) is 0 Å². The Morgan fingerprint density at radius 1 is 1.38 bits per heavy atom. The molecule has 2 N–H and O–H groups in total. The van der Waals surface area contributed by atoms with Crippen molar-refractivity contribution in [3.05, 3.63) is 58.3 Å². The Labute approximate surface area is 122 Å². The van der Waals surface area contributed by atoms with Crippen molar-refractivity contribution in [1.82, 2.24) is 4.98 Å². The molecular formula is C15H16N4O2. The SMILES string of the molecule is NCCC1CN(c2cc([N+](=O)[O-])ccn2)c2ccccc21. The summed E-state index contributed by atoms with van der Waals surface area (Å²) in [5.74, 6) is 0.948. The van der Waals surface area contributed by atoms with Gasteiger partial charge in [-0.3, -0.25) is 10.1 Å². The molecule has 1 aromatic carbocycles. The number of nitrogens with zero attached hydrogens (tertiary/aromatic N) is 3. The Bertz CT molecular complexity index is 674. The third kappa shape index (κ3) is 2.45. The van der Waals surface area contributed by atoms with E-state index < -0.39 is 4.92 Å². The van der Waals surface area contributed by atoms with Gasteiger partial charge in [0.05, 0.1) is 11.0 Å². The molecule has 0 aliphatic carbocycles. The molecule has 1 aliphatic heterocycles. The number of pyridine rings is 1. The van der Waals surface area contributed by atoms with Crippen molar-refractivity contribution in [2.75, 3.05) is 18.0 Å². The van der Waals surface area contributed by atoms with E-state index in [9.17, 15) is 10.1 Å². The summed E-state index contributed by atoms with van der Waals surface area (Å²) in [6, 6.07) is 11.0. The number of aromatic nitrogens is 1. The lowest BCUT2D eigenvalue weighted by molar-refractivity contribution is -0.384. The number of benzene rings is 1. The van der Waals surface area contributed by atoms with E-state index in [0.717, 1.165) is 18.7 Å². The molecule has 0 saturated carbocycles. The summed E-state index contributed by atoms with van der Waals surface area (Å²) in [4.78, 5) is 16.8. The number of nitrogens with two attached hydrogens (primary N) is 1. The molecule has 21 heavy (non-hydrogen) atoms. The number of hydrogen-bond acceptors (Lipinski definition) is 5. The van der Waals surface area contributed by atoms with Crippen LogP contribution in [0.5, 0.6) is 0 Å². The second-order valence-corrected chi connectivity index (χ2v) is 5.07. The molecule has 2 heterocycles. The van der Waals surface area contributed by atoms with Crippen molar-refractivity contribution in [2.45, 2.75) is 12.3 Å². The van der Waals surface area contributed by atoms with Crippen molar-refractivity contribution < 1.29 is 4.92 Å². The van der Waals surface area contributed by atoms with Crippen LogP contribution in [0.15, 0.2) is 42.6 Å². The zero-order valence-corrected chi connectivity index (χ0v) is 11.5. The van der Waals surface area contributed by atoms with Crippen LogP contribution in [0.2, 0.25) is 0 Å². The number of para-hydroxylation sites is 1. The minimum absolute atomic E-state index is 0.0553. The van der Waals surface area contributed by atoms with Crippen LogP contribution in [-0.4, -0.2) is 23.0 Å². The lowest BCUT2D eigenvalue weighted by Gasteiger charge is -2.18. The standard InChI is InChI=1S/C15H16N4O2/c16-7-5-11-10-18(14-4-2-1-3-13(11)14)15-9-12(19(20)21)6-8-17-15/h1-4,6,8-9,11H,5,7,10,16H2. The van der Waals surface area contributed by atoms with Gasteiger partial charge in [0.25, 0.3) is 5.69 Å². The van der Waals surface area contributed by atoms with Gasteiger partial charge in [0, 0.05) is 30.4 Å². The molecule has 3 rings (SSSR count). The van der Waals surface area contributed by atoms with E-state index in [-0.39, 0.29) is 5.69 Å². The maximum absolute atomic E-state index is 10.9. The fourth-order valence-corrected chi connectivity index (χ4v) is 2.83. The molecule has 6 heteroatoms. The first-order chi connectivity index (χ1) is 10.2. The Balaban J connectivity index is 2.00. The van der Waals surface area contributed by atoms with Crippen molar-refractivity contribution in [3.63, 3.8) is 0 Å². The van der Waals surface area contributed by atoms with E-state index in [4.69, 9.17) is 5.73 Å². The second kappa shape index (κ2) is 5.49. The summed E-state index contributed by atoms with van der Waals surface area (Å²) < 4.78 is 0. The topological polar surface area (TPSA) is 85.3 Å². The summed E-state index contributed by atoms with van der Waals surface area (Å²) in [7, 11) is 0. The van der Waals surface area contributed by atoms with Crippen molar-refractivity contribution >= 4 is 17.2 Å². The first-order valence-corrected chi connectivity index (χ1v) is 6.87. The third-order valence-electron chi connectivity index (χ3n) is 3.80. The van der Waals surface area contributed by atoms with Crippen LogP contribution < -0.4 is 10.6 Å². The van der Waals surface area contributed by atoms with E-state index in [1.54, 1.807) is 0 Å². The molecule has 0 fully saturated rings. The molecular weight excluding hydrogens is 268 g/mol. The molecule has 0 saturated heterocycles. The maximum atomic E-state index is 10.9. The van der Waals surface area contributed by atoms with Crippen molar-refractivity contribution in [2.24, 2.45) is 5.73 Å². The lowest BCUT2D eigenvalue weighted by atomic mass is 9.98. The Hall–Kier alpha value is -2.47. The normalized spacial score (nSPS) is 16.8. The average molecular weight is 284 g/mol. The van der Waals surface area contributed by atoms with Gasteiger partial charge in [-0.25, -0.2) is 4.98 Å². The average Bonchev–Trinajstić information content (AvgIpc) is 2.87. The maximum Gasteiger partial charge on any atom is 0.274 e. The largest absolute Gasteiger partial charge is 0.330 e. The van der Waals surface area contributed by atoms with Gasteiger partial charge in [0.2, 0.25) is 0 Å². The molecule has 0 bridgehead atoms. The molecule has 1 aliphatic rings. The minimum Gasteiger partial charge on any atom is -0.330 e. The molecule has 1 unspecified atom stereocenters. The molecule has 108 valence electrons. The van der Waals surface area contributed by atoms with Gasteiger partial charge in [-0.2, -0.15) is 0 Å². The molecule has 1 atom stereocenters. The second-order valence-electron chi connectivity index (χ2n) is 5.07. The summed E-state index contributed by atoms with van der Waals surface area (Å²) in [5, 5.41) is 10.9. The van der Waals surface area contributed by atoms with Crippen LogP contribution in [0.1, 0.15) is 17.9 Å². The quantitative estimate of drug-likeness (QED) is 0.689. The predicted molar refractivity (Wildman–Crippen MR) is 80.8 cm³/mol. The summed E-state index contributed by atoms with van der Waals surface area (Å²) in [6.07, 6.45) is 2.37. The van der Waals surface area contributed by atoms with Crippen molar-refractivity contribution in [3.8, 4) is 0 Å². The van der Waals surface area contributed by atoms with Gasteiger partial charge >= 0.3 is 0 Å². The van der Waals surface area contributed by atoms with E-state index in [1.165, 1.54) is 23.9 Å². The first-order valence-electron chi connectivity index (χ1n) is 6.87. The van der Waals surface area contributed by atoms with E-state index >= 15 is 0 Å². The van der Waals surface area contributed by atoms with Crippen LogP contribution in [0, 0.1) is 10.1 Å². The highest BCUT2D eigenvalue weighted by Crippen LogP contribution is 2.41. The number of anilines is 2. The van der Waals surface area contributed by atoms with Crippen LogP contribution in [0.25, 0.3) is 0 Å². The monoisotopic (exact) mass is 284 g/mol. The van der Waals surface area contributed by atoms with Crippen molar-refractivity contribution in [1.29, 1.82) is 0 Å². The van der Waals surface area contributed by atoms with Gasteiger partial charge in [-0.15, -0.1) is 0 Å². The summed E-state index contributed by atoms with van der Waals surface area (Å²) >= 11 is 0. The highest BCUT2D eigenvalue weighted by Gasteiger charge is 2.29. The highest BCUT2D eigenvalue weighted by atomic mass is 16.6. The fraction of sp³-hybridized carbons (Fsp3) is 0.267. The molecule has 0 radical (unpaired) electrons.